The Hall–Kier alpha value is -3.04. The molecule has 1 fully saturated rings. The van der Waals surface area contributed by atoms with Crippen molar-refractivity contribution < 1.29 is 4.79 Å². The number of para-hydroxylation sites is 1. The Morgan fingerprint density at radius 3 is 2.28 bits per heavy atom. The van der Waals surface area contributed by atoms with Crippen LogP contribution in [0.2, 0.25) is 5.02 Å². The maximum absolute atomic E-state index is 13.6. The minimum Gasteiger partial charge on any atom is -0.337 e. The molecular weight excluding hydrogens is 416 g/mol. The summed E-state index contributed by atoms with van der Waals surface area (Å²) >= 11 is 6.07. The Bertz CT molecular complexity index is 1210. The first-order valence-corrected chi connectivity index (χ1v) is 11.7. The molecule has 0 aliphatic carbocycles. The molecule has 0 atom stereocenters. The van der Waals surface area contributed by atoms with E-state index < -0.39 is 0 Å². The predicted octanol–water partition coefficient (Wildman–Crippen LogP) is 6.44. The van der Waals surface area contributed by atoms with E-state index in [0.29, 0.717) is 12.5 Å². The van der Waals surface area contributed by atoms with E-state index in [2.05, 4.69) is 47.0 Å². The third-order valence-corrected chi connectivity index (χ3v) is 6.80. The van der Waals surface area contributed by atoms with Gasteiger partial charge in [-0.3, -0.25) is 4.79 Å². The van der Waals surface area contributed by atoms with Crippen molar-refractivity contribution in [2.75, 3.05) is 13.1 Å². The smallest absolute Gasteiger partial charge is 0.270 e. The molecule has 162 valence electrons. The van der Waals surface area contributed by atoms with Crippen molar-refractivity contribution in [3.05, 3.63) is 107 Å². The van der Waals surface area contributed by atoms with Gasteiger partial charge in [-0.2, -0.15) is 0 Å². The van der Waals surface area contributed by atoms with Crippen molar-refractivity contribution in [2.24, 2.45) is 5.92 Å². The number of piperidine rings is 1. The van der Waals surface area contributed by atoms with Crippen LogP contribution in [0.15, 0.2) is 84.9 Å². The van der Waals surface area contributed by atoms with Gasteiger partial charge in [-0.1, -0.05) is 72.3 Å². The van der Waals surface area contributed by atoms with Crippen LogP contribution >= 0.6 is 11.6 Å². The van der Waals surface area contributed by atoms with Crippen molar-refractivity contribution >= 4 is 28.4 Å². The van der Waals surface area contributed by atoms with Crippen LogP contribution in [0.5, 0.6) is 0 Å². The van der Waals surface area contributed by atoms with Gasteiger partial charge in [-0.15, -0.1) is 0 Å². The van der Waals surface area contributed by atoms with Gasteiger partial charge in [0, 0.05) is 35.6 Å². The second kappa shape index (κ2) is 9.22. The van der Waals surface area contributed by atoms with E-state index >= 15 is 0 Å². The number of carbonyl (C=O) groups is 1. The number of hydrogen-bond acceptors (Lipinski definition) is 1. The van der Waals surface area contributed by atoms with Gasteiger partial charge in [0.15, 0.2) is 0 Å². The van der Waals surface area contributed by atoms with Crippen LogP contribution < -0.4 is 0 Å². The molecule has 1 aromatic heterocycles. The first-order valence-electron chi connectivity index (χ1n) is 11.3. The van der Waals surface area contributed by atoms with Gasteiger partial charge in [0.2, 0.25) is 0 Å². The van der Waals surface area contributed by atoms with Crippen molar-refractivity contribution in [2.45, 2.75) is 25.8 Å². The summed E-state index contributed by atoms with van der Waals surface area (Å²) in [5.74, 6) is 0.773. The zero-order chi connectivity index (χ0) is 21.9. The van der Waals surface area contributed by atoms with E-state index in [0.717, 1.165) is 59.5 Å². The van der Waals surface area contributed by atoms with E-state index in [9.17, 15) is 4.79 Å². The zero-order valence-corrected chi connectivity index (χ0v) is 18.8. The van der Waals surface area contributed by atoms with Crippen molar-refractivity contribution in [1.82, 2.24) is 9.47 Å². The number of benzene rings is 3. The van der Waals surface area contributed by atoms with Crippen LogP contribution in [0.4, 0.5) is 0 Å². The number of likely N-dealkylation sites (tertiary alicyclic amines) is 1. The summed E-state index contributed by atoms with van der Waals surface area (Å²) in [5, 5.41) is 1.82. The molecule has 1 aliphatic heterocycles. The minimum atomic E-state index is 0.133. The van der Waals surface area contributed by atoms with Crippen LogP contribution in [0.3, 0.4) is 0 Å². The normalized spacial score (nSPS) is 14.7. The average molecular weight is 443 g/mol. The molecule has 3 nitrogen and oxygen atoms in total. The first kappa shape index (κ1) is 20.8. The predicted molar refractivity (Wildman–Crippen MR) is 131 cm³/mol. The summed E-state index contributed by atoms with van der Waals surface area (Å²) in [6.45, 7) is 2.29. The number of hydrogen-bond donors (Lipinski definition) is 0. The molecule has 32 heavy (non-hydrogen) atoms. The van der Waals surface area contributed by atoms with Gasteiger partial charge < -0.3 is 9.47 Å². The Kier molecular flexibility index (Phi) is 6.00. The van der Waals surface area contributed by atoms with Gasteiger partial charge >= 0.3 is 0 Å². The van der Waals surface area contributed by atoms with Gasteiger partial charge in [0.25, 0.3) is 5.91 Å². The number of rotatable bonds is 5. The summed E-state index contributed by atoms with van der Waals surface area (Å²) in [6.07, 6.45) is 3.20. The van der Waals surface area contributed by atoms with E-state index in [1.165, 1.54) is 5.56 Å². The Labute approximate surface area is 194 Å². The number of amides is 1. The Morgan fingerprint density at radius 2 is 1.53 bits per heavy atom. The van der Waals surface area contributed by atoms with Crippen LogP contribution in [-0.4, -0.2) is 28.5 Å². The molecule has 3 aromatic carbocycles. The molecule has 1 aliphatic rings. The highest BCUT2D eigenvalue weighted by Gasteiger charge is 2.26. The van der Waals surface area contributed by atoms with Gasteiger partial charge in [-0.25, -0.2) is 0 Å². The average Bonchev–Trinajstić information content (AvgIpc) is 3.19. The van der Waals surface area contributed by atoms with Gasteiger partial charge in [0.05, 0.1) is 0 Å². The van der Waals surface area contributed by atoms with Gasteiger partial charge in [0.1, 0.15) is 5.69 Å². The van der Waals surface area contributed by atoms with E-state index in [4.69, 9.17) is 11.6 Å². The van der Waals surface area contributed by atoms with Crippen molar-refractivity contribution in [3.8, 4) is 0 Å². The number of fused-ring (bicyclic) bond motifs is 1. The number of aromatic nitrogens is 1. The molecule has 1 amide bonds. The molecular formula is C28H27ClN2O. The fraction of sp³-hybridized carbons (Fsp3) is 0.250. The second-order valence-electron chi connectivity index (χ2n) is 8.73. The standard InChI is InChI=1S/C28H27ClN2O/c29-25-12-10-23(11-13-25)20-31-26-9-5-4-8-24(26)19-27(31)28(32)30-16-14-22(15-17-30)18-21-6-2-1-3-7-21/h1-13,19,22H,14-18,20H2. The summed E-state index contributed by atoms with van der Waals surface area (Å²) in [7, 11) is 0. The molecule has 0 saturated carbocycles. The molecule has 4 aromatic rings. The Balaban J connectivity index is 1.35. The van der Waals surface area contributed by atoms with Crippen molar-refractivity contribution in [3.63, 3.8) is 0 Å². The van der Waals surface area contributed by atoms with Gasteiger partial charge in [-0.05, 0) is 60.6 Å². The largest absolute Gasteiger partial charge is 0.337 e. The molecule has 2 heterocycles. The maximum Gasteiger partial charge on any atom is 0.270 e. The van der Waals surface area contributed by atoms with Crippen molar-refractivity contribution in [1.29, 1.82) is 0 Å². The topological polar surface area (TPSA) is 25.2 Å². The number of carbonyl (C=O) groups excluding carboxylic acids is 1. The number of nitrogens with zero attached hydrogens (tertiary/aromatic N) is 2. The van der Waals surface area contributed by atoms with E-state index in [-0.39, 0.29) is 5.91 Å². The first-order chi connectivity index (χ1) is 15.7. The molecule has 5 rings (SSSR count). The molecule has 0 N–H and O–H groups in total. The third kappa shape index (κ3) is 4.44. The maximum atomic E-state index is 13.6. The molecule has 0 radical (unpaired) electrons. The molecule has 0 unspecified atom stereocenters. The summed E-state index contributed by atoms with van der Waals surface area (Å²) in [5.41, 5.74) is 4.37. The molecule has 0 bridgehead atoms. The fourth-order valence-electron chi connectivity index (χ4n) is 4.78. The molecule has 1 saturated heterocycles. The lowest BCUT2D eigenvalue weighted by molar-refractivity contribution is 0.0680. The van der Waals surface area contributed by atoms with Crippen LogP contribution in [-0.2, 0) is 13.0 Å². The summed E-state index contributed by atoms with van der Waals surface area (Å²) in [4.78, 5) is 15.6. The molecule has 4 heteroatoms. The van der Waals surface area contributed by atoms with Crippen LogP contribution in [0.25, 0.3) is 10.9 Å². The monoisotopic (exact) mass is 442 g/mol. The fourth-order valence-corrected chi connectivity index (χ4v) is 4.91. The second-order valence-corrected chi connectivity index (χ2v) is 9.16. The lowest BCUT2D eigenvalue weighted by atomic mass is 9.90. The third-order valence-electron chi connectivity index (χ3n) is 6.55. The van der Waals surface area contributed by atoms with Crippen LogP contribution in [0.1, 0.15) is 34.5 Å². The highest BCUT2D eigenvalue weighted by molar-refractivity contribution is 6.30. The Morgan fingerprint density at radius 1 is 0.844 bits per heavy atom. The summed E-state index contributed by atoms with van der Waals surface area (Å²) < 4.78 is 2.15. The summed E-state index contributed by atoms with van der Waals surface area (Å²) in [6, 6.07) is 28.8. The highest BCUT2D eigenvalue weighted by atomic mass is 35.5. The van der Waals surface area contributed by atoms with Crippen LogP contribution in [0, 0.1) is 5.92 Å². The van der Waals surface area contributed by atoms with E-state index in [1.54, 1.807) is 0 Å². The minimum absolute atomic E-state index is 0.133. The molecule has 0 spiro atoms. The highest BCUT2D eigenvalue weighted by Crippen LogP contribution is 2.26. The number of halogens is 1. The SMILES string of the molecule is O=C(c1cc2ccccc2n1Cc1ccc(Cl)cc1)N1CCC(Cc2ccccc2)CC1. The lowest BCUT2D eigenvalue weighted by Gasteiger charge is -2.32. The van der Waals surface area contributed by atoms with E-state index in [1.807, 2.05) is 47.4 Å². The lowest BCUT2D eigenvalue weighted by Crippen LogP contribution is -2.39. The zero-order valence-electron chi connectivity index (χ0n) is 18.1. The quantitative estimate of drug-likeness (QED) is 0.349.